The van der Waals surface area contributed by atoms with Crippen molar-refractivity contribution in [2.45, 2.75) is 33.4 Å². The number of nitrogens with one attached hydrogen (secondary N) is 1. The molecule has 200 valence electrons. The van der Waals surface area contributed by atoms with E-state index in [-0.39, 0.29) is 24.9 Å². The number of fused-ring (bicyclic) bond motifs is 1. The Labute approximate surface area is 232 Å². The first-order valence-corrected chi connectivity index (χ1v) is 13.4. The van der Waals surface area contributed by atoms with Gasteiger partial charge in [-0.1, -0.05) is 61.3 Å². The highest BCUT2D eigenvalue weighted by molar-refractivity contribution is 6.42. The molecular weight excluding hydrogens is 527 g/mol. The summed E-state index contributed by atoms with van der Waals surface area (Å²) < 4.78 is 27.6. The predicted octanol–water partition coefficient (Wildman–Crippen LogP) is 7.48. The van der Waals surface area contributed by atoms with Crippen LogP contribution in [0.25, 0.3) is 10.9 Å². The zero-order valence-corrected chi connectivity index (χ0v) is 23.0. The first-order valence-electron chi connectivity index (χ1n) is 12.6. The van der Waals surface area contributed by atoms with Gasteiger partial charge < -0.3 is 9.88 Å². The Morgan fingerprint density at radius 2 is 1.66 bits per heavy atom. The van der Waals surface area contributed by atoms with Crippen molar-refractivity contribution < 1.29 is 13.6 Å². The molecule has 38 heavy (non-hydrogen) atoms. The molecule has 0 aliphatic heterocycles. The normalized spacial score (nSPS) is 11.6. The highest BCUT2D eigenvalue weighted by Crippen LogP contribution is 2.24. The van der Waals surface area contributed by atoms with Gasteiger partial charge in [0.25, 0.3) is 0 Å². The molecule has 4 rings (SSSR count). The number of aromatic nitrogens is 1. The molecule has 0 spiro atoms. The molecule has 8 heteroatoms. The minimum atomic E-state index is -0.629. The van der Waals surface area contributed by atoms with Crippen LogP contribution in [0.1, 0.15) is 30.5 Å². The maximum absolute atomic E-state index is 13.8. The molecule has 1 N–H and O–H groups in total. The average Bonchev–Trinajstić information content (AvgIpc) is 3.26. The van der Waals surface area contributed by atoms with Gasteiger partial charge in [0.1, 0.15) is 11.6 Å². The van der Waals surface area contributed by atoms with E-state index in [0.717, 1.165) is 28.1 Å². The first kappa shape index (κ1) is 28.1. The summed E-state index contributed by atoms with van der Waals surface area (Å²) in [6, 6.07) is 16.9. The molecule has 3 aromatic carbocycles. The Morgan fingerprint density at radius 1 is 0.921 bits per heavy atom. The molecule has 0 saturated heterocycles. The summed E-state index contributed by atoms with van der Waals surface area (Å²) in [5.41, 5.74) is 3.54. The lowest BCUT2D eigenvalue weighted by Crippen LogP contribution is -2.42. The van der Waals surface area contributed by atoms with Crippen molar-refractivity contribution in [2.75, 3.05) is 19.6 Å². The number of hydrogen-bond donors (Lipinski definition) is 1. The fourth-order valence-electron chi connectivity index (χ4n) is 4.70. The van der Waals surface area contributed by atoms with E-state index in [0.29, 0.717) is 41.7 Å². The van der Waals surface area contributed by atoms with Gasteiger partial charge in [0.15, 0.2) is 0 Å². The van der Waals surface area contributed by atoms with Gasteiger partial charge in [-0.15, -0.1) is 0 Å². The molecule has 4 nitrogen and oxygen atoms in total. The third-order valence-corrected chi connectivity index (χ3v) is 7.09. The van der Waals surface area contributed by atoms with E-state index < -0.39 is 11.6 Å². The number of para-hydroxylation sites is 1. The number of nitrogens with zero attached hydrogens (tertiary/aromatic N) is 2. The fourth-order valence-corrected chi connectivity index (χ4v) is 5.02. The summed E-state index contributed by atoms with van der Waals surface area (Å²) in [6.07, 6.45) is 2.65. The Bertz CT molecular complexity index is 1390. The molecular formula is C30H31Cl2F2N3O. The summed E-state index contributed by atoms with van der Waals surface area (Å²) in [5, 5.41) is 2.02. The Hall–Kier alpha value is -2.93. The Kier molecular flexibility index (Phi) is 9.42. The van der Waals surface area contributed by atoms with Gasteiger partial charge in [-0.05, 0) is 59.4 Å². The van der Waals surface area contributed by atoms with Crippen molar-refractivity contribution >= 4 is 40.0 Å². The van der Waals surface area contributed by atoms with Crippen LogP contribution >= 0.6 is 23.2 Å². The van der Waals surface area contributed by atoms with Crippen LogP contribution in [0, 0.1) is 17.6 Å². The van der Waals surface area contributed by atoms with E-state index in [9.17, 15) is 13.6 Å². The van der Waals surface area contributed by atoms with Crippen LogP contribution in [0.15, 0.2) is 66.9 Å². The lowest BCUT2D eigenvalue weighted by Gasteiger charge is -2.29. The van der Waals surface area contributed by atoms with E-state index in [4.69, 9.17) is 23.2 Å². The standard InChI is InChI=1S/C30H31Cl2F2N3O/c1-20(2)16-36(17-22-11-24(33)14-25(34)12-22)19-30(38)37(18-21-7-8-27(31)28(32)13-21)10-9-23-15-35-29-6-4-3-5-26(23)29/h3-8,11-15,20,35H,9-10,16-19H2,1-2H3. The smallest absolute Gasteiger partial charge is 0.237 e. The van der Waals surface area contributed by atoms with Crippen LogP contribution in [0.2, 0.25) is 10.0 Å². The monoisotopic (exact) mass is 557 g/mol. The lowest BCUT2D eigenvalue weighted by atomic mass is 10.1. The van der Waals surface area contributed by atoms with E-state index >= 15 is 0 Å². The second-order valence-electron chi connectivity index (χ2n) is 10.0. The number of carbonyl (C=O) groups is 1. The Balaban J connectivity index is 1.54. The van der Waals surface area contributed by atoms with Crippen molar-refractivity contribution in [1.29, 1.82) is 0 Å². The van der Waals surface area contributed by atoms with Crippen LogP contribution in [-0.4, -0.2) is 40.3 Å². The van der Waals surface area contributed by atoms with Gasteiger partial charge in [-0.25, -0.2) is 8.78 Å². The summed E-state index contributed by atoms with van der Waals surface area (Å²) in [7, 11) is 0. The molecule has 1 heterocycles. The second-order valence-corrected chi connectivity index (χ2v) is 10.8. The highest BCUT2D eigenvalue weighted by Gasteiger charge is 2.20. The van der Waals surface area contributed by atoms with Crippen LogP contribution in [-0.2, 0) is 24.3 Å². The number of amides is 1. The Morgan fingerprint density at radius 3 is 2.37 bits per heavy atom. The van der Waals surface area contributed by atoms with Gasteiger partial charge in [-0.3, -0.25) is 9.69 Å². The molecule has 0 atom stereocenters. The lowest BCUT2D eigenvalue weighted by molar-refractivity contribution is -0.133. The molecule has 1 amide bonds. The van der Waals surface area contributed by atoms with Gasteiger partial charge in [0, 0.05) is 49.3 Å². The van der Waals surface area contributed by atoms with Crippen LogP contribution in [0.4, 0.5) is 8.78 Å². The third kappa shape index (κ3) is 7.56. The first-order chi connectivity index (χ1) is 18.2. The van der Waals surface area contributed by atoms with Gasteiger partial charge in [0.05, 0.1) is 16.6 Å². The van der Waals surface area contributed by atoms with Gasteiger partial charge in [0.2, 0.25) is 5.91 Å². The van der Waals surface area contributed by atoms with Crippen LogP contribution in [0.5, 0.6) is 0 Å². The fraction of sp³-hybridized carbons (Fsp3) is 0.300. The molecule has 4 aromatic rings. The van der Waals surface area contributed by atoms with E-state index in [1.165, 1.54) is 12.1 Å². The van der Waals surface area contributed by atoms with Crippen LogP contribution < -0.4 is 0 Å². The second kappa shape index (κ2) is 12.7. The number of H-pyrrole nitrogens is 1. The summed E-state index contributed by atoms with van der Waals surface area (Å²) in [6.45, 7) is 5.94. The quantitative estimate of drug-likeness (QED) is 0.207. The number of rotatable bonds is 11. The zero-order valence-electron chi connectivity index (χ0n) is 21.5. The molecule has 0 bridgehead atoms. The number of hydrogen-bond acceptors (Lipinski definition) is 2. The average molecular weight is 559 g/mol. The minimum absolute atomic E-state index is 0.0755. The summed E-state index contributed by atoms with van der Waals surface area (Å²) in [4.78, 5) is 20.7. The van der Waals surface area contributed by atoms with Crippen molar-refractivity contribution in [3.63, 3.8) is 0 Å². The number of aromatic amines is 1. The molecule has 0 unspecified atom stereocenters. The predicted molar refractivity (Wildman–Crippen MR) is 150 cm³/mol. The molecule has 0 aliphatic carbocycles. The number of halogens is 4. The molecule has 0 fully saturated rings. The maximum Gasteiger partial charge on any atom is 0.237 e. The summed E-state index contributed by atoms with van der Waals surface area (Å²) in [5.74, 6) is -1.07. The van der Waals surface area contributed by atoms with Crippen molar-refractivity contribution in [3.05, 3.63) is 105 Å². The summed E-state index contributed by atoms with van der Waals surface area (Å²) >= 11 is 12.4. The van der Waals surface area contributed by atoms with Crippen molar-refractivity contribution in [3.8, 4) is 0 Å². The largest absolute Gasteiger partial charge is 0.361 e. The third-order valence-electron chi connectivity index (χ3n) is 6.35. The maximum atomic E-state index is 13.8. The molecule has 1 aromatic heterocycles. The SMILES string of the molecule is CC(C)CN(CC(=O)N(CCc1c[nH]c2ccccc12)Cc1ccc(Cl)c(Cl)c1)Cc1cc(F)cc(F)c1. The zero-order chi connectivity index (χ0) is 27.2. The highest BCUT2D eigenvalue weighted by atomic mass is 35.5. The number of benzene rings is 3. The molecule has 0 aliphatic rings. The molecule has 0 saturated carbocycles. The van der Waals surface area contributed by atoms with Crippen molar-refractivity contribution in [2.24, 2.45) is 5.92 Å². The van der Waals surface area contributed by atoms with E-state index in [1.807, 2.05) is 49.2 Å². The minimum Gasteiger partial charge on any atom is -0.361 e. The van der Waals surface area contributed by atoms with Gasteiger partial charge >= 0.3 is 0 Å². The molecule has 0 radical (unpaired) electrons. The van der Waals surface area contributed by atoms with E-state index in [2.05, 4.69) is 11.1 Å². The topological polar surface area (TPSA) is 39.3 Å². The van der Waals surface area contributed by atoms with E-state index in [1.54, 1.807) is 17.0 Å². The van der Waals surface area contributed by atoms with Crippen molar-refractivity contribution in [1.82, 2.24) is 14.8 Å². The number of carbonyl (C=O) groups excluding carboxylic acids is 1. The van der Waals surface area contributed by atoms with Gasteiger partial charge in [-0.2, -0.15) is 0 Å². The van der Waals surface area contributed by atoms with Crippen LogP contribution in [0.3, 0.4) is 0 Å².